The Morgan fingerprint density at radius 1 is 1.21 bits per heavy atom. The van der Waals surface area contributed by atoms with Crippen LogP contribution in [0.1, 0.15) is 23.6 Å². The zero-order valence-electron chi connectivity index (χ0n) is 12.0. The molecular formula is C14H22N2O2S. The number of hydrogen-bond donors (Lipinski definition) is 1. The maximum atomic E-state index is 12.8. The monoisotopic (exact) mass is 282 g/mol. The molecule has 5 heteroatoms. The van der Waals surface area contributed by atoms with Crippen LogP contribution in [0.15, 0.2) is 17.0 Å². The van der Waals surface area contributed by atoms with Gasteiger partial charge in [0.2, 0.25) is 10.0 Å². The lowest BCUT2D eigenvalue weighted by atomic mass is 10.1. The van der Waals surface area contributed by atoms with Crippen molar-refractivity contribution < 1.29 is 8.42 Å². The van der Waals surface area contributed by atoms with Gasteiger partial charge in [-0.15, -0.1) is 0 Å². The molecule has 0 spiro atoms. The van der Waals surface area contributed by atoms with Crippen molar-refractivity contribution in [3.63, 3.8) is 0 Å². The highest BCUT2D eigenvalue weighted by Crippen LogP contribution is 2.25. The molecule has 0 aromatic heterocycles. The molecule has 1 saturated heterocycles. The zero-order valence-corrected chi connectivity index (χ0v) is 12.8. The fourth-order valence-electron chi connectivity index (χ4n) is 2.82. The number of nitrogens with one attached hydrogen (secondary N) is 1. The smallest absolute Gasteiger partial charge is 0.243 e. The van der Waals surface area contributed by atoms with Gasteiger partial charge in [0.05, 0.1) is 4.90 Å². The Hall–Kier alpha value is -0.910. The molecule has 1 N–H and O–H groups in total. The van der Waals surface area contributed by atoms with Crippen molar-refractivity contribution >= 4 is 10.0 Å². The summed E-state index contributed by atoms with van der Waals surface area (Å²) in [5.41, 5.74) is 2.77. The summed E-state index contributed by atoms with van der Waals surface area (Å²) in [6.45, 7) is 9.54. The van der Waals surface area contributed by atoms with Gasteiger partial charge in [0.1, 0.15) is 0 Å². The van der Waals surface area contributed by atoms with Gasteiger partial charge >= 0.3 is 0 Å². The van der Waals surface area contributed by atoms with E-state index in [4.69, 9.17) is 0 Å². The molecule has 0 radical (unpaired) electrons. The van der Waals surface area contributed by atoms with Gasteiger partial charge in [-0.25, -0.2) is 8.42 Å². The standard InChI is InChI=1S/C14H22N2O2S/c1-10-7-11(2)14(12(3)8-10)19(17,18)16-6-5-15-13(4)9-16/h7-8,13,15H,5-6,9H2,1-4H3. The Kier molecular flexibility index (Phi) is 3.99. The van der Waals surface area contributed by atoms with Gasteiger partial charge in [-0.3, -0.25) is 0 Å². The molecule has 0 saturated carbocycles. The lowest BCUT2D eigenvalue weighted by molar-refractivity contribution is 0.310. The fourth-order valence-corrected chi connectivity index (χ4v) is 4.76. The molecule has 1 atom stereocenters. The molecule has 1 fully saturated rings. The van der Waals surface area contributed by atoms with Gasteiger partial charge in [0.25, 0.3) is 0 Å². The summed E-state index contributed by atoms with van der Waals surface area (Å²) in [5, 5.41) is 3.27. The first kappa shape index (κ1) is 14.5. The first-order valence-electron chi connectivity index (χ1n) is 6.64. The van der Waals surface area contributed by atoms with Crippen molar-refractivity contribution in [2.24, 2.45) is 0 Å². The van der Waals surface area contributed by atoms with Crippen molar-refractivity contribution in [2.45, 2.75) is 38.6 Å². The highest BCUT2D eigenvalue weighted by Gasteiger charge is 2.30. The molecule has 1 heterocycles. The van der Waals surface area contributed by atoms with E-state index in [0.717, 1.165) is 16.7 Å². The second-order valence-electron chi connectivity index (χ2n) is 5.45. The van der Waals surface area contributed by atoms with E-state index in [-0.39, 0.29) is 6.04 Å². The van der Waals surface area contributed by atoms with E-state index in [1.807, 2.05) is 39.8 Å². The van der Waals surface area contributed by atoms with Gasteiger partial charge in [-0.05, 0) is 38.8 Å². The highest BCUT2D eigenvalue weighted by atomic mass is 32.2. The summed E-state index contributed by atoms with van der Waals surface area (Å²) < 4.78 is 27.2. The molecule has 4 nitrogen and oxygen atoms in total. The molecular weight excluding hydrogens is 260 g/mol. The fraction of sp³-hybridized carbons (Fsp3) is 0.571. The lowest BCUT2D eigenvalue weighted by Crippen LogP contribution is -2.51. The number of hydrogen-bond acceptors (Lipinski definition) is 3. The van der Waals surface area contributed by atoms with Crippen LogP contribution in [0.3, 0.4) is 0 Å². The van der Waals surface area contributed by atoms with Gasteiger partial charge < -0.3 is 5.32 Å². The molecule has 1 unspecified atom stereocenters. The number of aryl methyl sites for hydroxylation is 3. The van der Waals surface area contributed by atoms with E-state index in [9.17, 15) is 8.42 Å². The van der Waals surface area contributed by atoms with Gasteiger partial charge in [0, 0.05) is 25.7 Å². The Balaban J connectivity index is 2.45. The third kappa shape index (κ3) is 2.83. The third-order valence-electron chi connectivity index (χ3n) is 3.53. The summed E-state index contributed by atoms with van der Waals surface area (Å²) in [6, 6.07) is 4.08. The first-order chi connectivity index (χ1) is 8.82. The summed E-state index contributed by atoms with van der Waals surface area (Å²) in [4.78, 5) is 0.479. The minimum absolute atomic E-state index is 0.203. The number of piperazine rings is 1. The number of nitrogens with zero attached hydrogens (tertiary/aromatic N) is 1. The highest BCUT2D eigenvalue weighted by molar-refractivity contribution is 7.89. The van der Waals surface area contributed by atoms with Crippen LogP contribution in [0.4, 0.5) is 0 Å². The quantitative estimate of drug-likeness (QED) is 0.896. The lowest BCUT2D eigenvalue weighted by Gasteiger charge is -2.31. The van der Waals surface area contributed by atoms with E-state index < -0.39 is 10.0 Å². The Morgan fingerprint density at radius 3 is 2.32 bits per heavy atom. The van der Waals surface area contributed by atoms with Crippen LogP contribution in [-0.2, 0) is 10.0 Å². The van der Waals surface area contributed by atoms with E-state index in [2.05, 4.69) is 5.32 Å². The Morgan fingerprint density at radius 2 is 1.79 bits per heavy atom. The molecule has 1 aliphatic rings. The third-order valence-corrected chi connectivity index (χ3v) is 5.71. The average Bonchev–Trinajstić information content (AvgIpc) is 2.26. The van der Waals surface area contributed by atoms with Crippen LogP contribution in [-0.4, -0.2) is 38.4 Å². The summed E-state index contributed by atoms with van der Waals surface area (Å²) >= 11 is 0. The van der Waals surface area contributed by atoms with Crippen LogP contribution in [0, 0.1) is 20.8 Å². The molecule has 1 aromatic rings. The maximum absolute atomic E-state index is 12.8. The second-order valence-corrected chi connectivity index (χ2v) is 7.32. The van der Waals surface area contributed by atoms with E-state index in [1.165, 1.54) is 0 Å². The molecule has 1 aliphatic heterocycles. The predicted octanol–water partition coefficient (Wildman–Crippen LogP) is 1.59. The van der Waals surface area contributed by atoms with E-state index in [1.54, 1.807) is 4.31 Å². The second kappa shape index (κ2) is 5.23. The minimum atomic E-state index is -3.38. The van der Waals surface area contributed by atoms with Crippen molar-refractivity contribution in [1.82, 2.24) is 9.62 Å². The van der Waals surface area contributed by atoms with Gasteiger partial charge in [0.15, 0.2) is 0 Å². The summed E-state index contributed by atoms with van der Waals surface area (Å²) in [7, 11) is -3.38. The van der Waals surface area contributed by atoms with Crippen LogP contribution < -0.4 is 5.32 Å². The van der Waals surface area contributed by atoms with E-state index in [0.29, 0.717) is 24.5 Å². The number of rotatable bonds is 2. The van der Waals surface area contributed by atoms with Crippen molar-refractivity contribution in [2.75, 3.05) is 19.6 Å². The number of benzene rings is 1. The average molecular weight is 282 g/mol. The summed E-state index contributed by atoms with van der Waals surface area (Å²) in [5.74, 6) is 0. The SMILES string of the molecule is Cc1cc(C)c(S(=O)(=O)N2CCNC(C)C2)c(C)c1. The van der Waals surface area contributed by atoms with Crippen LogP contribution >= 0.6 is 0 Å². The Labute approximate surface area is 115 Å². The van der Waals surface area contributed by atoms with Crippen LogP contribution in [0.25, 0.3) is 0 Å². The van der Waals surface area contributed by atoms with Crippen LogP contribution in [0.5, 0.6) is 0 Å². The Bertz CT molecular complexity index is 558. The normalized spacial score (nSPS) is 21.6. The zero-order chi connectivity index (χ0) is 14.2. The summed E-state index contributed by atoms with van der Waals surface area (Å²) in [6.07, 6.45) is 0. The van der Waals surface area contributed by atoms with Gasteiger partial charge in [-0.2, -0.15) is 4.31 Å². The molecule has 1 aromatic carbocycles. The van der Waals surface area contributed by atoms with Crippen molar-refractivity contribution in [3.8, 4) is 0 Å². The molecule has 19 heavy (non-hydrogen) atoms. The molecule has 0 bridgehead atoms. The van der Waals surface area contributed by atoms with Crippen LogP contribution in [0.2, 0.25) is 0 Å². The predicted molar refractivity (Wildman–Crippen MR) is 76.9 cm³/mol. The van der Waals surface area contributed by atoms with E-state index >= 15 is 0 Å². The molecule has 0 amide bonds. The molecule has 106 valence electrons. The topological polar surface area (TPSA) is 49.4 Å². The first-order valence-corrected chi connectivity index (χ1v) is 8.08. The number of sulfonamides is 1. The van der Waals surface area contributed by atoms with Crippen molar-refractivity contribution in [3.05, 3.63) is 28.8 Å². The van der Waals surface area contributed by atoms with Gasteiger partial charge in [-0.1, -0.05) is 17.7 Å². The largest absolute Gasteiger partial charge is 0.312 e. The molecule has 0 aliphatic carbocycles. The van der Waals surface area contributed by atoms with Crippen molar-refractivity contribution in [1.29, 1.82) is 0 Å². The minimum Gasteiger partial charge on any atom is -0.312 e. The molecule has 2 rings (SSSR count). The maximum Gasteiger partial charge on any atom is 0.243 e.